The number of rotatable bonds is 8. The third-order valence-corrected chi connectivity index (χ3v) is 4.80. The summed E-state index contributed by atoms with van der Waals surface area (Å²) in [5.74, 6) is 0.574. The summed E-state index contributed by atoms with van der Waals surface area (Å²) in [6.45, 7) is 6.38. The minimum atomic E-state index is -0.509. The fourth-order valence-corrected chi connectivity index (χ4v) is 2.68. The molecule has 0 spiro atoms. The summed E-state index contributed by atoms with van der Waals surface area (Å²) < 4.78 is 5.94. The summed E-state index contributed by atoms with van der Waals surface area (Å²) in [6, 6.07) is 7.97. The Labute approximate surface area is 138 Å². The van der Waals surface area contributed by atoms with Gasteiger partial charge in [0.05, 0.1) is 6.10 Å². The van der Waals surface area contributed by atoms with E-state index in [-0.39, 0.29) is 18.7 Å². The maximum Gasteiger partial charge on any atom is 0.246 e. The van der Waals surface area contributed by atoms with Crippen molar-refractivity contribution in [2.75, 3.05) is 11.6 Å². The van der Waals surface area contributed by atoms with E-state index in [4.69, 9.17) is 16.3 Å². The molecular weight excluding hydrogens is 298 g/mol. The number of para-hydroxylation sites is 1. The maximum absolute atomic E-state index is 12.7. The quantitative estimate of drug-likeness (QED) is 0.525. The van der Waals surface area contributed by atoms with E-state index in [1.54, 1.807) is 4.90 Å². The normalized spacial score (nSPS) is 17.1. The molecule has 22 heavy (non-hydrogen) atoms. The van der Waals surface area contributed by atoms with Crippen molar-refractivity contribution >= 4 is 23.2 Å². The Morgan fingerprint density at radius 2 is 2.05 bits per heavy atom. The standard InChI is InChI=1S/C18H26ClNO2/c1-4-14-8-6-7-9-17(14)20(18(21)16(19)5-2)12-22-13(3)15-10-11-15/h6-9,13,15-16H,4-5,10-12H2,1-3H3. The van der Waals surface area contributed by atoms with Gasteiger partial charge in [-0.25, -0.2) is 0 Å². The van der Waals surface area contributed by atoms with Crippen molar-refractivity contribution in [2.24, 2.45) is 5.92 Å². The van der Waals surface area contributed by atoms with Crippen LogP contribution in [0.4, 0.5) is 5.69 Å². The topological polar surface area (TPSA) is 29.5 Å². The molecular formula is C18H26ClNO2. The molecule has 2 unspecified atom stereocenters. The highest BCUT2D eigenvalue weighted by Gasteiger charge is 2.30. The van der Waals surface area contributed by atoms with Gasteiger partial charge < -0.3 is 4.74 Å². The van der Waals surface area contributed by atoms with E-state index < -0.39 is 5.38 Å². The minimum Gasteiger partial charge on any atom is -0.357 e. The van der Waals surface area contributed by atoms with Crippen LogP contribution in [0.5, 0.6) is 0 Å². The Morgan fingerprint density at radius 3 is 2.64 bits per heavy atom. The number of hydrogen-bond acceptors (Lipinski definition) is 2. The molecule has 0 aliphatic heterocycles. The van der Waals surface area contributed by atoms with E-state index in [0.29, 0.717) is 12.3 Å². The number of carbonyl (C=O) groups excluding carboxylic acids is 1. The van der Waals surface area contributed by atoms with Crippen LogP contribution in [-0.2, 0) is 16.0 Å². The Hall–Kier alpha value is -1.06. The van der Waals surface area contributed by atoms with Gasteiger partial charge in [-0.2, -0.15) is 0 Å². The number of halogens is 1. The van der Waals surface area contributed by atoms with Crippen LogP contribution in [0.15, 0.2) is 24.3 Å². The fourth-order valence-electron chi connectivity index (χ4n) is 2.56. The zero-order valence-corrected chi connectivity index (χ0v) is 14.5. The smallest absolute Gasteiger partial charge is 0.246 e. The first kappa shape index (κ1) is 17.3. The van der Waals surface area contributed by atoms with Gasteiger partial charge in [-0.15, -0.1) is 11.6 Å². The van der Waals surface area contributed by atoms with E-state index in [9.17, 15) is 4.79 Å². The molecule has 1 aliphatic carbocycles. The lowest BCUT2D eigenvalue weighted by atomic mass is 10.1. The van der Waals surface area contributed by atoms with E-state index in [0.717, 1.165) is 17.7 Å². The van der Waals surface area contributed by atoms with Crippen molar-refractivity contribution in [3.8, 4) is 0 Å². The molecule has 1 aliphatic rings. The molecule has 2 atom stereocenters. The van der Waals surface area contributed by atoms with Gasteiger partial charge in [0.2, 0.25) is 5.91 Å². The lowest BCUT2D eigenvalue weighted by Crippen LogP contribution is -2.40. The molecule has 1 aromatic carbocycles. The van der Waals surface area contributed by atoms with Crippen LogP contribution < -0.4 is 4.90 Å². The van der Waals surface area contributed by atoms with Gasteiger partial charge in [-0.1, -0.05) is 32.0 Å². The highest BCUT2D eigenvalue weighted by Crippen LogP contribution is 2.34. The van der Waals surface area contributed by atoms with Gasteiger partial charge in [0.15, 0.2) is 0 Å². The van der Waals surface area contributed by atoms with Crippen LogP contribution in [0.25, 0.3) is 0 Å². The molecule has 0 heterocycles. The lowest BCUT2D eigenvalue weighted by molar-refractivity contribution is -0.120. The number of hydrogen-bond donors (Lipinski definition) is 0. The summed E-state index contributed by atoms with van der Waals surface area (Å²) in [5, 5.41) is -0.509. The van der Waals surface area contributed by atoms with Crippen LogP contribution in [0.3, 0.4) is 0 Å². The summed E-state index contributed by atoms with van der Waals surface area (Å²) in [7, 11) is 0. The van der Waals surface area contributed by atoms with Crippen LogP contribution >= 0.6 is 11.6 Å². The first-order valence-electron chi connectivity index (χ1n) is 8.23. The number of alkyl halides is 1. The monoisotopic (exact) mass is 323 g/mol. The molecule has 0 aromatic heterocycles. The van der Waals surface area contributed by atoms with Gasteiger partial charge in [0.25, 0.3) is 0 Å². The molecule has 0 bridgehead atoms. The van der Waals surface area contributed by atoms with Crippen molar-refractivity contribution < 1.29 is 9.53 Å². The van der Waals surface area contributed by atoms with Crippen molar-refractivity contribution in [1.29, 1.82) is 0 Å². The minimum absolute atomic E-state index is 0.0759. The zero-order valence-electron chi connectivity index (χ0n) is 13.7. The second kappa shape index (κ2) is 7.98. The first-order valence-corrected chi connectivity index (χ1v) is 8.67. The van der Waals surface area contributed by atoms with Crippen LogP contribution in [-0.4, -0.2) is 24.1 Å². The Balaban J connectivity index is 2.17. The molecule has 0 radical (unpaired) electrons. The van der Waals surface area contributed by atoms with Gasteiger partial charge in [0, 0.05) is 5.69 Å². The lowest BCUT2D eigenvalue weighted by Gasteiger charge is -2.28. The molecule has 1 amide bonds. The van der Waals surface area contributed by atoms with Crippen molar-refractivity contribution in [1.82, 2.24) is 0 Å². The molecule has 0 N–H and O–H groups in total. The van der Waals surface area contributed by atoms with E-state index in [1.807, 2.05) is 25.1 Å². The molecule has 1 aromatic rings. The van der Waals surface area contributed by atoms with E-state index >= 15 is 0 Å². The molecule has 1 saturated carbocycles. The van der Waals surface area contributed by atoms with Crippen LogP contribution in [0, 0.1) is 5.92 Å². The second-order valence-electron chi connectivity index (χ2n) is 5.96. The Kier molecular flexibility index (Phi) is 6.27. The number of benzene rings is 1. The average molecular weight is 324 g/mol. The number of anilines is 1. The summed E-state index contributed by atoms with van der Waals surface area (Å²) in [5.41, 5.74) is 2.05. The highest BCUT2D eigenvalue weighted by atomic mass is 35.5. The van der Waals surface area contributed by atoms with E-state index in [1.165, 1.54) is 12.8 Å². The predicted molar refractivity (Wildman–Crippen MR) is 91.4 cm³/mol. The van der Waals surface area contributed by atoms with Crippen molar-refractivity contribution in [3.63, 3.8) is 0 Å². The third kappa shape index (κ3) is 4.23. The second-order valence-corrected chi connectivity index (χ2v) is 6.49. The zero-order chi connectivity index (χ0) is 16.1. The molecule has 1 fully saturated rings. The number of nitrogens with zero attached hydrogens (tertiary/aromatic N) is 1. The molecule has 2 rings (SSSR count). The van der Waals surface area contributed by atoms with Crippen molar-refractivity contribution in [3.05, 3.63) is 29.8 Å². The molecule has 122 valence electrons. The Bertz CT molecular complexity index is 502. The van der Waals surface area contributed by atoms with Gasteiger partial charge in [-0.3, -0.25) is 9.69 Å². The third-order valence-electron chi connectivity index (χ3n) is 4.31. The van der Waals surface area contributed by atoms with Gasteiger partial charge in [-0.05, 0) is 50.2 Å². The number of carbonyl (C=O) groups is 1. The summed E-state index contributed by atoms with van der Waals surface area (Å²) in [4.78, 5) is 14.4. The summed E-state index contributed by atoms with van der Waals surface area (Å²) >= 11 is 6.20. The Morgan fingerprint density at radius 1 is 1.36 bits per heavy atom. The summed E-state index contributed by atoms with van der Waals surface area (Å²) in [6.07, 6.45) is 4.14. The SMILES string of the molecule is CCc1ccccc1N(COC(C)C1CC1)C(=O)C(Cl)CC. The maximum atomic E-state index is 12.7. The molecule has 3 nitrogen and oxygen atoms in total. The van der Waals surface area contributed by atoms with E-state index in [2.05, 4.69) is 19.9 Å². The van der Waals surface area contributed by atoms with Crippen molar-refractivity contribution in [2.45, 2.75) is 57.9 Å². The van der Waals surface area contributed by atoms with Gasteiger partial charge in [0.1, 0.15) is 12.1 Å². The molecule has 0 saturated heterocycles. The largest absolute Gasteiger partial charge is 0.357 e. The first-order chi connectivity index (χ1) is 10.6. The molecule has 4 heteroatoms. The number of amides is 1. The predicted octanol–water partition coefficient (Wildman–Crippen LogP) is 4.37. The fraction of sp³-hybridized carbons (Fsp3) is 0.611. The number of ether oxygens (including phenoxy) is 1. The highest BCUT2D eigenvalue weighted by molar-refractivity contribution is 6.32. The van der Waals surface area contributed by atoms with Crippen LogP contribution in [0.2, 0.25) is 0 Å². The number of aryl methyl sites for hydroxylation is 1. The average Bonchev–Trinajstić information content (AvgIpc) is 3.39. The van der Waals surface area contributed by atoms with Crippen LogP contribution in [0.1, 0.15) is 45.6 Å². The van der Waals surface area contributed by atoms with Gasteiger partial charge >= 0.3 is 0 Å².